The van der Waals surface area contributed by atoms with Crippen molar-refractivity contribution in [3.63, 3.8) is 0 Å². The van der Waals surface area contributed by atoms with Crippen molar-refractivity contribution < 1.29 is 9.13 Å². The molecule has 1 heterocycles. The molecule has 0 radical (unpaired) electrons. The Morgan fingerprint density at radius 2 is 2.25 bits per heavy atom. The number of benzene rings is 1. The Kier molecular flexibility index (Phi) is 3.62. The fourth-order valence-electron chi connectivity index (χ4n) is 1.97. The first-order chi connectivity index (χ1) is 7.61. The third-order valence-corrected chi connectivity index (χ3v) is 3.92. The van der Waals surface area contributed by atoms with Gasteiger partial charge in [0.2, 0.25) is 0 Å². The second kappa shape index (κ2) is 4.82. The van der Waals surface area contributed by atoms with Crippen LogP contribution in [0.1, 0.15) is 22.8 Å². The van der Waals surface area contributed by atoms with Crippen LogP contribution in [0.25, 0.3) is 0 Å². The van der Waals surface area contributed by atoms with E-state index in [1.54, 1.807) is 6.92 Å². The summed E-state index contributed by atoms with van der Waals surface area (Å²) in [6.07, 6.45) is -0.0324. The Labute approximate surface area is 103 Å². The van der Waals surface area contributed by atoms with Crippen LogP contribution in [0.5, 0.6) is 0 Å². The lowest BCUT2D eigenvalue weighted by Gasteiger charge is -2.26. The van der Waals surface area contributed by atoms with Crippen LogP contribution in [0, 0.1) is 19.7 Å². The second-order valence-corrected chi connectivity index (χ2v) is 4.89. The number of aryl methyl sites for hydroxylation is 1. The third kappa shape index (κ3) is 2.14. The van der Waals surface area contributed by atoms with Crippen molar-refractivity contribution >= 4 is 15.9 Å². The molecule has 16 heavy (non-hydrogen) atoms. The molecule has 0 saturated carbocycles. The molecule has 0 spiro atoms. The second-order valence-electron chi connectivity index (χ2n) is 4.10. The van der Waals surface area contributed by atoms with Crippen molar-refractivity contribution in [1.82, 2.24) is 5.32 Å². The van der Waals surface area contributed by atoms with Crippen LogP contribution in [0.3, 0.4) is 0 Å². The Hall–Kier alpha value is -0.450. The largest absolute Gasteiger partial charge is 0.371 e. The summed E-state index contributed by atoms with van der Waals surface area (Å²) >= 11 is 3.26. The number of rotatable bonds is 1. The molecule has 1 atom stereocenters. The SMILES string of the molecule is Cc1cc(C2CNCCO2)c(C)c(F)c1Br. The summed E-state index contributed by atoms with van der Waals surface area (Å²) in [6, 6.07) is 2.00. The number of hydrogen-bond acceptors (Lipinski definition) is 2. The van der Waals surface area contributed by atoms with E-state index in [1.807, 2.05) is 13.0 Å². The molecule has 1 unspecified atom stereocenters. The van der Waals surface area contributed by atoms with E-state index in [1.165, 1.54) is 0 Å². The predicted octanol–water partition coefficient (Wildman–Crippen LogP) is 2.87. The van der Waals surface area contributed by atoms with Crippen molar-refractivity contribution in [2.24, 2.45) is 0 Å². The van der Waals surface area contributed by atoms with Crippen molar-refractivity contribution in [1.29, 1.82) is 0 Å². The zero-order valence-electron chi connectivity index (χ0n) is 9.44. The van der Waals surface area contributed by atoms with Gasteiger partial charge in [0.15, 0.2) is 0 Å². The van der Waals surface area contributed by atoms with Gasteiger partial charge < -0.3 is 10.1 Å². The third-order valence-electron chi connectivity index (χ3n) is 2.95. The smallest absolute Gasteiger partial charge is 0.140 e. The van der Waals surface area contributed by atoms with Crippen LogP contribution in [-0.2, 0) is 4.74 Å². The minimum Gasteiger partial charge on any atom is -0.371 e. The fraction of sp³-hybridized carbons (Fsp3) is 0.500. The summed E-state index contributed by atoms with van der Waals surface area (Å²) in [4.78, 5) is 0. The number of ether oxygens (including phenoxy) is 1. The molecule has 2 nitrogen and oxygen atoms in total. The summed E-state index contributed by atoms with van der Waals surface area (Å²) in [5, 5.41) is 3.25. The molecule has 1 fully saturated rings. The highest BCUT2D eigenvalue weighted by atomic mass is 79.9. The topological polar surface area (TPSA) is 21.3 Å². The van der Waals surface area contributed by atoms with Crippen LogP contribution in [0.4, 0.5) is 4.39 Å². The summed E-state index contributed by atoms with van der Waals surface area (Å²) in [6.45, 7) is 5.99. The zero-order valence-corrected chi connectivity index (χ0v) is 11.0. The maximum Gasteiger partial charge on any atom is 0.140 e. The lowest BCUT2D eigenvalue weighted by Crippen LogP contribution is -2.33. The average Bonchev–Trinajstić information content (AvgIpc) is 2.32. The monoisotopic (exact) mass is 287 g/mol. The van der Waals surface area contributed by atoms with Crippen molar-refractivity contribution in [2.75, 3.05) is 19.7 Å². The van der Waals surface area contributed by atoms with E-state index in [0.29, 0.717) is 16.6 Å². The van der Waals surface area contributed by atoms with Crippen LogP contribution in [0.15, 0.2) is 10.5 Å². The summed E-state index contributed by atoms with van der Waals surface area (Å²) < 4.78 is 20.1. The van der Waals surface area contributed by atoms with Crippen LogP contribution in [0.2, 0.25) is 0 Å². The van der Waals surface area contributed by atoms with E-state index in [2.05, 4.69) is 21.2 Å². The van der Waals surface area contributed by atoms with Crippen LogP contribution in [-0.4, -0.2) is 19.7 Å². The van der Waals surface area contributed by atoms with E-state index in [-0.39, 0.29) is 11.9 Å². The molecule has 4 heteroatoms. The number of hydrogen-bond donors (Lipinski definition) is 1. The zero-order chi connectivity index (χ0) is 11.7. The summed E-state index contributed by atoms with van der Waals surface area (Å²) in [7, 11) is 0. The Balaban J connectivity index is 2.40. The highest BCUT2D eigenvalue weighted by Gasteiger charge is 2.21. The normalized spacial score (nSPS) is 21.1. The first kappa shape index (κ1) is 12.0. The van der Waals surface area contributed by atoms with Gasteiger partial charge in [-0.05, 0) is 46.5 Å². The lowest BCUT2D eigenvalue weighted by molar-refractivity contribution is 0.0270. The minimum atomic E-state index is -0.177. The first-order valence-electron chi connectivity index (χ1n) is 5.38. The van der Waals surface area contributed by atoms with Crippen LogP contribution < -0.4 is 5.32 Å². The van der Waals surface area contributed by atoms with E-state index < -0.39 is 0 Å². The average molecular weight is 288 g/mol. The Bertz CT molecular complexity index is 402. The molecule has 0 aliphatic carbocycles. The van der Waals surface area contributed by atoms with Gasteiger partial charge in [-0.3, -0.25) is 0 Å². The highest BCUT2D eigenvalue weighted by Crippen LogP contribution is 2.31. The fourth-order valence-corrected chi connectivity index (χ4v) is 2.38. The van der Waals surface area contributed by atoms with Gasteiger partial charge in [-0.1, -0.05) is 6.07 Å². The Morgan fingerprint density at radius 3 is 2.88 bits per heavy atom. The standard InChI is InChI=1S/C12H15BrFNO/c1-7-5-9(8(2)12(14)11(7)13)10-6-15-3-4-16-10/h5,10,15H,3-4,6H2,1-2H3. The minimum absolute atomic E-state index is 0.0324. The molecule has 1 N–H and O–H groups in total. The quantitative estimate of drug-likeness (QED) is 0.858. The number of morpholine rings is 1. The van der Waals surface area contributed by atoms with Gasteiger partial charge in [-0.25, -0.2) is 4.39 Å². The van der Waals surface area contributed by atoms with Crippen LogP contribution >= 0.6 is 15.9 Å². The summed E-state index contributed by atoms with van der Waals surface area (Å²) in [5.41, 5.74) is 2.53. The molecule has 0 aromatic heterocycles. The molecule has 1 aliphatic rings. The van der Waals surface area contributed by atoms with Gasteiger partial charge in [-0.2, -0.15) is 0 Å². The number of halogens is 2. The number of nitrogens with one attached hydrogen (secondary N) is 1. The molecule has 1 saturated heterocycles. The first-order valence-corrected chi connectivity index (χ1v) is 6.18. The molecule has 1 aliphatic heterocycles. The molecule has 1 aromatic rings. The maximum absolute atomic E-state index is 13.9. The van der Waals surface area contributed by atoms with Gasteiger partial charge in [0.1, 0.15) is 5.82 Å². The van der Waals surface area contributed by atoms with Crippen molar-refractivity contribution in [2.45, 2.75) is 20.0 Å². The van der Waals surface area contributed by atoms with Crippen molar-refractivity contribution in [3.8, 4) is 0 Å². The van der Waals surface area contributed by atoms with E-state index >= 15 is 0 Å². The van der Waals surface area contributed by atoms with E-state index in [0.717, 1.165) is 24.2 Å². The molecule has 2 rings (SSSR count). The van der Waals surface area contributed by atoms with Gasteiger partial charge in [0.25, 0.3) is 0 Å². The van der Waals surface area contributed by atoms with Gasteiger partial charge >= 0.3 is 0 Å². The maximum atomic E-state index is 13.9. The molecule has 0 amide bonds. The molecular weight excluding hydrogens is 273 g/mol. The lowest BCUT2D eigenvalue weighted by atomic mass is 9.99. The molecule has 88 valence electrons. The molecular formula is C12H15BrFNO. The van der Waals surface area contributed by atoms with E-state index in [4.69, 9.17) is 4.74 Å². The van der Waals surface area contributed by atoms with Gasteiger partial charge in [-0.15, -0.1) is 0 Å². The predicted molar refractivity (Wildman–Crippen MR) is 65.1 cm³/mol. The molecule has 0 bridgehead atoms. The van der Waals surface area contributed by atoms with Gasteiger partial charge in [0, 0.05) is 13.1 Å². The highest BCUT2D eigenvalue weighted by molar-refractivity contribution is 9.10. The summed E-state index contributed by atoms with van der Waals surface area (Å²) in [5.74, 6) is -0.177. The van der Waals surface area contributed by atoms with Crippen molar-refractivity contribution in [3.05, 3.63) is 33.0 Å². The Morgan fingerprint density at radius 1 is 1.50 bits per heavy atom. The molecule has 1 aromatic carbocycles. The van der Waals surface area contributed by atoms with E-state index in [9.17, 15) is 4.39 Å². The van der Waals surface area contributed by atoms with Gasteiger partial charge in [0.05, 0.1) is 17.2 Å².